The summed E-state index contributed by atoms with van der Waals surface area (Å²) in [7, 11) is 0. The maximum absolute atomic E-state index is 6.14. The third kappa shape index (κ3) is 3.17. The summed E-state index contributed by atoms with van der Waals surface area (Å²) in [5, 5.41) is 0. The summed E-state index contributed by atoms with van der Waals surface area (Å²) in [6.45, 7) is 2.98. The Morgan fingerprint density at radius 2 is 2.38 bits per heavy atom. The molecule has 2 saturated heterocycles. The molecular weight excluding hydrogens is 348 g/mol. The number of hydrogen-bond acceptors (Lipinski definition) is 4. The van der Waals surface area contributed by atoms with E-state index in [1.807, 2.05) is 11.8 Å². The van der Waals surface area contributed by atoms with Crippen molar-refractivity contribution in [1.29, 1.82) is 0 Å². The molecule has 0 bridgehead atoms. The zero-order valence-electron chi connectivity index (χ0n) is 12.4. The molecule has 5 heteroatoms. The number of nitrogens with two attached hydrogens (primary N) is 1. The predicted octanol–water partition coefficient (Wildman–Crippen LogP) is 3.56. The Bertz CT molecular complexity index is 505. The molecule has 21 heavy (non-hydrogen) atoms. The van der Waals surface area contributed by atoms with Gasteiger partial charge >= 0.3 is 0 Å². The third-order valence-electron chi connectivity index (χ3n) is 4.81. The van der Waals surface area contributed by atoms with E-state index in [0.717, 1.165) is 25.2 Å². The van der Waals surface area contributed by atoms with Gasteiger partial charge in [0.15, 0.2) is 0 Å². The van der Waals surface area contributed by atoms with Gasteiger partial charge in [0.25, 0.3) is 0 Å². The molecule has 0 radical (unpaired) electrons. The minimum absolute atomic E-state index is 0.0962. The van der Waals surface area contributed by atoms with Gasteiger partial charge in [0.05, 0.1) is 11.6 Å². The summed E-state index contributed by atoms with van der Waals surface area (Å²) in [5.41, 5.74) is 5.69. The lowest BCUT2D eigenvalue weighted by molar-refractivity contribution is -0.0854. The van der Waals surface area contributed by atoms with Crippen LogP contribution in [0.5, 0.6) is 0 Å². The molecule has 0 saturated carbocycles. The minimum atomic E-state index is 0.0962. The van der Waals surface area contributed by atoms with Gasteiger partial charge in [0.1, 0.15) is 0 Å². The van der Waals surface area contributed by atoms with Crippen LogP contribution in [0.1, 0.15) is 36.4 Å². The van der Waals surface area contributed by atoms with Gasteiger partial charge in [-0.15, -0.1) is 0 Å². The number of hydrogen-bond donors (Lipinski definition) is 2. The molecule has 3 N–H and O–H groups in total. The second-order valence-electron chi connectivity index (χ2n) is 6.21. The average Bonchev–Trinajstić information content (AvgIpc) is 2.92. The lowest BCUT2D eigenvalue weighted by Gasteiger charge is -2.41. The average molecular weight is 371 g/mol. The van der Waals surface area contributed by atoms with Crippen molar-refractivity contribution in [1.82, 2.24) is 5.43 Å². The summed E-state index contributed by atoms with van der Waals surface area (Å²) in [5.74, 6) is 8.81. The van der Waals surface area contributed by atoms with Gasteiger partial charge in [-0.2, -0.15) is 11.8 Å². The van der Waals surface area contributed by atoms with Gasteiger partial charge in [0.2, 0.25) is 0 Å². The van der Waals surface area contributed by atoms with Gasteiger partial charge in [-0.25, -0.2) is 0 Å². The molecule has 2 aliphatic heterocycles. The van der Waals surface area contributed by atoms with Crippen LogP contribution in [0.2, 0.25) is 0 Å². The van der Waals surface area contributed by atoms with Crippen LogP contribution in [0, 0.1) is 12.8 Å². The number of rotatable bonds is 3. The highest BCUT2D eigenvalue weighted by molar-refractivity contribution is 9.10. The standard InChI is InChI=1S/C16H23BrN2OS/c1-11-3-2-4-13(14(11)17)15(19-18)12-5-7-20-16(9-12)6-8-21-10-16/h2-4,12,15,19H,5-10,18H2,1H3. The summed E-state index contributed by atoms with van der Waals surface area (Å²) >= 11 is 5.75. The molecule has 3 unspecified atom stereocenters. The fourth-order valence-corrected chi connectivity index (χ4v) is 5.49. The quantitative estimate of drug-likeness (QED) is 0.630. The molecule has 2 aliphatic rings. The van der Waals surface area contributed by atoms with Crippen LogP contribution in [0.25, 0.3) is 0 Å². The van der Waals surface area contributed by atoms with Crippen LogP contribution in [-0.2, 0) is 4.74 Å². The van der Waals surface area contributed by atoms with E-state index in [1.54, 1.807) is 0 Å². The third-order valence-corrected chi connectivity index (χ3v) is 7.11. The second kappa shape index (κ2) is 6.59. The first-order chi connectivity index (χ1) is 10.2. The fourth-order valence-electron chi connectivity index (χ4n) is 3.60. The van der Waals surface area contributed by atoms with E-state index in [2.05, 4.69) is 46.5 Å². The summed E-state index contributed by atoms with van der Waals surface area (Å²) in [6, 6.07) is 6.60. The van der Waals surface area contributed by atoms with Gasteiger partial charge < -0.3 is 4.74 Å². The van der Waals surface area contributed by atoms with Crippen LogP contribution in [0.4, 0.5) is 0 Å². The predicted molar refractivity (Wildman–Crippen MR) is 92.3 cm³/mol. The molecule has 2 fully saturated rings. The lowest BCUT2D eigenvalue weighted by Crippen LogP contribution is -2.45. The molecule has 0 aliphatic carbocycles. The van der Waals surface area contributed by atoms with Crippen molar-refractivity contribution in [3.05, 3.63) is 33.8 Å². The first-order valence-electron chi connectivity index (χ1n) is 7.58. The van der Waals surface area contributed by atoms with E-state index < -0.39 is 0 Å². The zero-order valence-corrected chi connectivity index (χ0v) is 14.8. The van der Waals surface area contributed by atoms with Gasteiger partial charge in [0, 0.05) is 16.8 Å². The SMILES string of the molecule is Cc1cccc(C(NN)C2CCOC3(CCSC3)C2)c1Br. The summed E-state index contributed by atoms with van der Waals surface area (Å²) in [4.78, 5) is 0. The van der Waals surface area contributed by atoms with E-state index >= 15 is 0 Å². The van der Waals surface area contributed by atoms with Crippen LogP contribution < -0.4 is 11.3 Å². The minimum Gasteiger partial charge on any atom is -0.374 e. The molecule has 3 atom stereocenters. The number of benzene rings is 1. The Hall–Kier alpha value is -0.0700. The monoisotopic (exact) mass is 370 g/mol. The van der Waals surface area contributed by atoms with Crippen molar-refractivity contribution >= 4 is 27.7 Å². The Balaban J connectivity index is 1.84. The highest BCUT2D eigenvalue weighted by atomic mass is 79.9. The smallest absolute Gasteiger partial charge is 0.0783 e. The molecule has 0 amide bonds. The van der Waals surface area contributed by atoms with Crippen LogP contribution >= 0.6 is 27.7 Å². The molecule has 1 spiro atoms. The maximum atomic E-state index is 6.14. The van der Waals surface area contributed by atoms with Gasteiger partial charge in [-0.3, -0.25) is 11.3 Å². The summed E-state index contributed by atoms with van der Waals surface area (Å²) < 4.78 is 7.32. The van der Waals surface area contributed by atoms with Gasteiger partial charge in [-0.1, -0.05) is 34.1 Å². The van der Waals surface area contributed by atoms with Crippen molar-refractivity contribution in [2.75, 3.05) is 18.1 Å². The van der Waals surface area contributed by atoms with Gasteiger partial charge in [-0.05, 0) is 49.0 Å². The van der Waals surface area contributed by atoms with Crippen LogP contribution in [-0.4, -0.2) is 23.7 Å². The molecular formula is C16H23BrN2OS. The Kier molecular flexibility index (Phi) is 4.96. The maximum Gasteiger partial charge on any atom is 0.0783 e. The number of ether oxygens (including phenoxy) is 1. The Morgan fingerprint density at radius 3 is 3.10 bits per heavy atom. The number of nitrogens with one attached hydrogen (secondary N) is 1. The topological polar surface area (TPSA) is 47.3 Å². The Labute approximate surface area is 139 Å². The molecule has 2 heterocycles. The van der Waals surface area contributed by atoms with E-state index in [0.29, 0.717) is 5.92 Å². The lowest BCUT2D eigenvalue weighted by atomic mass is 9.79. The fraction of sp³-hybridized carbons (Fsp3) is 0.625. The number of hydrazine groups is 1. The van der Waals surface area contributed by atoms with Crippen LogP contribution in [0.15, 0.2) is 22.7 Å². The molecule has 1 aromatic carbocycles. The number of aryl methyl sites for hydroxylation is 1. The van der Waals surface area contributed by atoms with Crippen molar-refractivity contribution in [3.63, 3.8) is 0 Å². The highest BCUT2D eigenvalue weighted by Gasteiger charge is 2.42. The molecule has 3 nitrogen and oxygen atoms in total. The summed E-state index contributed by atoms with van der Waals surface area (Å²) in [6.07, 6.45) is 3.36. The number of thioether (sulfide) groups is 1. The largest absolute Gasteiger partial charge is 0.374 e. The van der Waals surface area contributed by atoms with E-state index in [9.17, 15) is 0 Å². The van der Waals surface area contributed by atoms with Crippen molar-refractivity contribution in [2.45, 2.75) is 37.8 Å². The zero-order chi connectivity index (χ0) is 14.9. The highest BCUT2D eigenvalue weighted by Crippen LogP contribution is 2.44. The molecule has 0 aromatic heterocycles. The van der Waals surface area contributed by atoms with Crippen molar-refractivity contribution in [3.8, 4) is 0 Å². The van der Waals surface area contributed by atoms with E-state index in [4.69, 9.17) is 10.6 Å². The normalized spacial score (nSPS) is 30.7. The first-order valence-corrected chi connectivity index (χ1v) is 9.53. The molecule has 1 aromatic rings. The molecule has 116 valence electrons. The molecule has 3 rings (SSSR count). The van der Waals surface area contributed by atoms with Crippen molar-refractivity contribution in [2.24, 2.45) is 11.8 Å². The number of halogens is 1. The van der Waals surface area contributed by atoms with E-state index in [-0.39, 0.29) is 11.6 Å². The van der Waals surface area contributed by atoms with Crippen LogP contribution in [0.3, 0.4) is 0 Å². The first kappa shape index (κ1) is 15.8. The van der Waals surface area contributed by atoms with Crippen molar-refractivity contribution < 1.29 is 4.74 Å². The van der Waals surface area contributed by atoms with E-state index in [1.165, 1.54) is 27.8 Å². The second-order valence-corrected chi connectivity index (χ2v) is 8.11. The Morgan fingerprint density at radius 1 is 1.52 bits per heavy atom.